The van der Waals surface area contributed by atoms with Crippen LogP contribution in [0.2, 0.25) is 13.3 Å². The maximum absolute atomic E-state index is 2.48. The summed E-state index contributed by atoms with van der Waals surface area (Å²) in [5, 5.41) is 0. The molecule has 0 saturated carbocycles. The summed E-state index contributed by atoms with van der Waals surface area (Å²) in [5.41, 5.74) is 0.961. The van der Waals surface area contributed by atoms with Crippen LogP contribution < -0.4 is 0 Å². The Kier molecular flexibility index (Phi) is 8.38. The van der Waals surface area contributed by atoms with Gasteiger partial charge in [0.1, 0.15) is 0 Å². The second kappa shape index (κ2) is 10.4. The van der Waals surface area contributed by atoms with Gasteiger partial charge in [0.05, 0.1) is 0 Å². The Morgan fingerprint density at radius 2 is 0.774 bits per heavy atom. The molecule has 168 valence electrons. The molecule has 0 fully saturated rings. The average molecular weight is 524 g/mol. The van der Waals surface area contributed by atoms with Crippen molar-refractivity contribution in [3.05, 3.63) is 72.9 Å². The molecule has 3 rings (SSSR count). The summed E-state index contributed by atoms with van der Waals surface area (Å²) in [7, 11) is 0. The van der Waals surface area contributed by atoms with E-state index in [4.69, 9.17) is 0 Å². The summed E-state index contributed by atoms with van der Waals surface area (Å²) in [5.74, 6) is 2.16. The SMILES string of the molecule is CC1(C)C=CC=CC1C[CH2][Sn+]([CH2]CC1C=CC=CC1(C)C)[CH2]CC1C=CC=CC1(C)C. The first-order valence-electron chi connectivity index (χ1n) is 12.5. The quantitative estimate of drug-likeness (QED) is 0.264. The fraction of sp³-hybridized carbons (Fsp3) is 0.600. The van der Waals surface area contributed by atoms with Crippen LogP contribution in [0.4, 0.5) is 0 Å². The van der Waals surface area contributed by atoms with E-state index >= 15 is 0 Å². The molecule has 0 spiro atoms. The molecular weight excluding hydrogens is 479 g/mol. The van der Waals surface area contributed by atoms with Crippen molar-refractivity contribution in [2.24, 2.45) is 34.0 Å². The van der Waals surface area contributed by atoms with Crippen LogP contribution in [0, 0.1) is 34.0 Å². The molecule has 3 aliphatic carbocycles. The first kappa shape index (κ1) is 24.9. The van der Waals surface area contributed by atoms with E-state index in [0.717, 1.165) is 17.8 Å². The van der Waals surface area contributed by atoms with Crippen molar-refractivity contribution in [2.45, 2.75) is 74.1 Å². The molecule has 0 saturated heterocycles. The zero-order valence-electron chi connectivity index (χ0n) is 20.9. The second-order valence-electron chi connectivity index (χ2n) is 11.9. The third kappa shape index (κ3) is 6.86. The Bertz CT molecular complexity index is 664. The number of hydrogen-bond acceptors (Lipinski definition) is 0. The van der Waals surface area contributed by atoms with Gasteiger partial charge in [-0.25, -0.2) is 0 Å². The van der Waals surface area contributed by atoms with Gasteiger partial charge >= 0.3 is 201 Å². The summed E-state index contributed by atoms with van der Waals surface area (Å²) in [6, 6.07) is 0. The van der Waals surface area contributed by atoms with Crippen LogP contribution in [-0.2, 0) is 0 Å². The fourth-order valence-corrected chi connectivity index (χ4v) is 13.8. The molecule has 0 aliphatic heterocycles. The fourth-order valence-electron chi connectivity index (χ4n) is 5.48. The van der Waals surface area contributed by atoms with Crippen molar-refractivity contribution in [1.29, 1.82) is 0 Å². The summed E-state index contributed by atoms with van der Waals surface area (Å²) < 4.78 is 4.65. The standard InChI is InChI=1S/3C10H15.Sn/c3*1-4-9-7-5-6-8-10(9,2)3;/h3*5-9H,1,4H2,2-3H3;/q;;;+1. The van der Waals surface area contributed by atoms with Gasteiger partial charge in [0.15, 0.2) is 0 Å². The summed E-state index contributed by atoms with van der Waals surface area (Å²) >= 11 is -1.47. The van der Waals surface area contributed by atoms with Crippen LogP contribution in [0.5, 0.6) is 0 Å². The number of rotatable bonds is 9. The van der Waals surface area contributed by atoms with Crippen molar-refractivity contribution in [3.63, 3.8) is 0 Å². The van der Waals surface area contributed by atoms with Crippen LogP contribution in [0.25, 0.3) is 0 Å². The molecule has 0 bridgehead atoms. The topological polar surface area (TPSA) is 0 Å². The summed E-state index contributed by atoms with van der Waals surface area (Å²) in [6.45, 7) is 14.5. The third-order valence-electron chi connectivity index (χ3n) is 8.23. The average Bonchev–Trinajstić information content (AvgIpc) is 2.69. The number of hydrogen-bond donors (Lipinski definition) is 0. The first-order chi connectivity index (χ1) is 14.6. The van der Waals surface area contributed by atoms with Gasteiger partial charge in [0.25, 0.3) is 0 Å². The van der Waals surface area contributed by atoms with E-state index in [1.807, 2.05) is 0 Å². The minimum atomic E-state index is -1.47. The van der Waals surface area contributed by atoms with Gasteiger partial charge < -0.3 is 0 Å². The minimum absolute atomic E-state index is 0.320. The summed E-state index contributed by atoms with van der Waals surface area (Å²) in [4.78, 5) is 0. The van der Waals surface area contributed by atoms with E-state index in [2.05, 4.69) is 114 Å². The van der Waals surface area contributed by atoms with Gasteiger partial charge in [0, 0.05) is 0 Å². The van der Waals surface area contributed by atoms with Gasteiger partial charge in [-0.15, -0.1) is 0 Å². The molecule has 0 N–H and O–H groups in total. The Hall–Kier alpha value is -0.761. The molecule has 0 heterocycles. The van der Waals surface area contributed by atoms with Crippen LogP contribution in [0.1, 0.15) is 60.8 Å². The van der Waals surface area contributed by atoms with Crippen molar-refractivity contribution in [1.82, 2.24) is 0 Å². The van der Waals surface area contributed by atoms with E-state index in [1.165, 1.54) is 19.3 Å². The van der Waals surface area contributed by atoms with Gasteiger partial charge in [-0.1, -0.05) is 0 Å². The van der Waals surface area contributed by atoms with Crippen molar-refractivity contribution in [2.75, 3.05) is 0 Å². The van der Waals surface area contributed by atoms with E-state index < -0.39 is 19.8 Å². The zero-order valence-corrected chi connectivity index (χ0v) is 23.8. The molecule has 31 heavy (non-hydrogen) atoms. The molecule has 3 atom stereocenters. The molecular formula is C30H45Sn+. The molecule has 0 aromatic carbocycles. The third-order valence-corrected chi connectivity index (χ3v) is 16.8. The molecule has 0 nitrogen and oxygen atoms in total. The molecule has 1 heteroatoms. The molecule has 0 aromatic heterocycles. The maximum atomic E-state index is 2.48. The first-order valence-corrected chi connectivity index (χ1v) is 18.6. The Morgan fingerprint density at radius 1 is 0.484 bits per heavy atom. The van der Waals surface area contributed by atoms with E-state index in [9.17, 15) is 0 Å². The van der Waals surface area contributed by atoms with Crippen molar-refractivity contribution in [3.8, 4) is 0 Å². The normalized spacial score (nSPS) is 29.4. The Morgan fingerprint density at radius 3 is 1.03 bits per heavy atom. The van der Waals surface area contributed by atoms with Gasteiger partial charge in [0.2, 0.25) is 0 Å². The van der Waals surface area contributed by atoms with Crippen LogP contribution in [-0.4, -0.2) is 19.8 Å². The Labute approximate surface area is 200 Å². The zero-order chi connectivity index (χ0) is 22.5. The second-order valence-corrected chi connectivity index (χ2v) is 20.4. The van der Waals surface area contributed by atoms with Crippen LogP contribution >= 0.6 is 0 Å². The van der Waals surface area contributed by atoms with Crippen LogP contribution in [0.3, 0.4) is 0 Å². The molecule has 0 amide bonds. The van der Waals surface area contributed by atoms with Gasteiger partial charge in [-0.2, -0.15) is 0 Å². The molecule has 3 unspecified atom stereocenters. The van der Waals surface area contributed by atoms with Gasteiger partial charge in [-0.05, 0) is 0 Å². The van der Waals surface area contributed by atoms with E-state index in [1.54, 1.807) is 13.3 Å². The van der Waals surface area contributed by atoms with E-state index in [0.29, 0.717) is 16.2 Å². The Balaban J connectivity index is 1.61. The predicted octanol–water partition coefficient (Wildman–Crippen LogP) is 8.96. The summed E-state index contributed by atoms with van der Waals surface area (Å²) in [6.07, 6.45) is 32.5. The molecule has 0 radical (unpaired) electrons. The van der Waals surface area contributed by atoms with Crippen molar-refractivity contribution >= 4 is 19.8 Å². The number of allylic oxidation sites excluding steroid dienone is 12. The van der Waals surface area contributed by atoms with E-state index in [-0.39, 0.29) is 0 Å². The van der Waals surface area contributed by atoms with Crippen LogP contribution in [0.15, 0.2) is 72.9 Å². The predicted molar refractivity (Wildman–Crippen MR) is 141 cm³/mol. The molecule has 3 aliphatic rings. The van der Waals surface area contributed by atoms with Crippen molar-refractivity contribution < 1.29 is 0 Å². The van der Waals surface area contributed by atoms with Gasteiger partial charge in [-0.3, -0.25) is 0 Å². The molecule has 0 aromatic rings. The monoisotopic (exact) mass is 525 g/mol.